The minimum Gasteiger partial charge on any atom is -0.465 e. The van der Waals surface area contributed by atoms with Crippen LogP contribution in [-0.4, -0.2) is 23.6 Å². The molecule has 110 valence electrons. The quantitative estimate of drug-likeness (QED) is 0.483. The minimum absolute atomic E-state index is 0.170. The van der Waals surface area contributed by atoms with E-state index in [1.165, 1.54) is 11.7 Å². The van der Waals surface area contributed by atoms with Gasteiger partial charge >= 0.3 is 5.97 Å². The molecule has 0 atom stereocenters. The van der Waals surface area contributed by atoms with Crippen molar-refractivity contribution >= 4 is 45.4 Å². The Morgan fingerprint density at radius 3 is 2.41 bits per heavy atom. The first kappa shape index (κ1) is 14.8. The lowest BCUT2D eigenvalue weighted by atomic mass is 10.2. The average molecular weight is 405 g/mol. The summed E-state index contributed by atoms with van der Waals surface area (Å²) in [7, 11) is 1.33. The number of esters is 1. The first-order chi connectivity index (χ1) is 10.6. The van der Waals surface area contributed by atoms with Gasteiger partial charge in [-0.05, 0) is 40.8 Å². The van der Waals surface area contributed by atoms with E-state index in [9.17, 15) is 9.59 Å². The number of ether oxygens (including phenoxy) is 1. The van der Waals surface area contributed by atoms with Crippen LogP contribution in [0.15, 0.2) is 54.7 Å². The largest absolute Gasteiger partial charge is 0.465 e. The standard InChI is InChI=1S/C17H12INO3/c1-22-17(21)13-10-19(15-9-5-3-6-11(13)15)16(20)12-7-2-4-8-14(12)18/h2-10H,1H3. The molecule has 0 N–H and O–H groups in total. The van der Waals surface area contributed by atoms with Crippen molar-refractivity contribution in [2.75, 3.05) is 7.11 Å². The van der Waals surface area contributed by atoms with Crippen molar-refractivity contribution in [1.29, 1.82) is 0 Å². The Hall–Kier alpha value is -2.15. The number of rotatable bonds is 2. The molecular formula is C17H12INO3. The van der Waals surface area contributed by atoms with Gasteiger partial charge in [-0.1, -0.05) is 30.3 Å². The van der Waals surface area contributed by atoms with Crippen molar-refractivity contribution in [3.63, 3.8) is 0 Å². The number of fused-ring (bicyclic) bond motifs is 1. The van der Waals surface area contributed by atoms with Gasteiger partial charge in [0.1, 0.15) is 0 Å². The molecule has 0 spiro atoms. The number of nitrogens with zero attached hydrogens (tertiary/aromatic N) is 1. The maximum absolute atomic E-state index is 12.8. The molecule has 3 aromatic rings. The van der Waals surface area contributed by atoms with Crippen LogP contribution in [0.25, 0.3) is 10.9 Å². The molecule has 4 nitrogen and oxygen atoms in total. The molecule has 3 rings (SSSR count). The second kappa shape index (κ2) is 5.92. The van der Waals surface area contributed by atoms with Crippen molar-refractivity contribution in [1.82, 2.24) is 4.57 Å². The number of hydrogen-bond acceptors (Lipinski definition) is 3. The van der Waals surface area contributed by atoms with Crippen molar-refractivity contribution in [2.45, 2.75) is 0 Å². The highest BCUT2D eigenvalue weighted by molar-refractivity contribution is 14.1. The van der Waals surface area contributed by atoms with Gasteiger partial charge in [-0.3, -0.25) is 9.36 Å². The molecule has 5 heteroatoms. The van der Waals surface area contributed by atoms with Crippen molar-refractivity contribution in [3.05, 3.63) is 69.4 Å². The van der Waals surface area contributed by atoms with Gasteiger partial charge in [0.25, 0.3) is 5.91 Å². The zero-order valence-corrected chi connectivity index (χ0v) is 13.9. The highest BCUT2D eigenvalue weighted by atomic mass is 127. The number of methoxy groups -OCH3 is 1. The maximum atomic E-state index is 12.8. The van der Waals surface area contributed by atoms with Crippen molar-refractivity contribution in [3.8, 4) is 0 Å². The summed E-state index contributed by atoms with van der Waals surface area (Å²) in [5.74, 6) is -0.623. The molecule has 1 aromatic heterocycles. The Kier molecular flexibility index (Phi) is 3.98. The van der Waals surface area contributed by atoms with Crippen LogP contribution in [0.1, 0.15) is 20.7 Å². The van der Waals surface area contributed by atoms with Gasteiger partial charge in [0.2, 0.25) is 0 Å². The normalized spacial score (nSPS) is 10.6. The Balaban J connectivity index is 2.22. The molecule has 0 aliphatic rings. The Labute approximate surface area is 140 Å². The third kappa shape index (κ3) is 2.41. The van der Waals surface area contributed by atoms with Gasteiger partial charge in [0.05, 0.1) is 23.8 Å². The van der Waals surface area contributed by atoms with Crippen molar-refractivity contribution in [2.24, 2.45) is 0 Å². The predicted octanol–water partition coefficient (Wildman–Crippen LogP) is 3.72. The molecule has 1 heterocycles. The SMILES string of the molecule is COC(=O)c1cn(C(=O)c2ccccc2I)c2ccccc12. The zero-order valence-electron chi connectivity index (χ0n) is 11.7. The van der Waals surface area contributed by atoms with Crippen LogP contribution in [0, 0.1) is 3.57 Å². The van der Waals surface area contributed by atoms with Gasteiger partial charge in [0.15, 0.2) is 0 Å². The lowest BCUT2D eigenvalue weighted by Crippen LogP contribution is -2.12. The summed E-state index contributed by atoms with van der Waals surface area (Å²) in [6, 6.07) is 14.6. The molecule has 22 heavy (non-hydrogen) atoms. The average Bonchev–Trinajstić information content (AvgIpc) is 2.94. The molecule has 0 saturated carbocycles. The summed E-state index contributed by atoms with van der Waals surface area (Å²) >= 11 is 2.13. The zero-order chi connectivity index (χ0) is 15.7. The summed E-state index contributed by atoms with van der Waals surface area (Å²) in [5, 5.41) is 0.702. The van der Waals surface area contributed by atoms with Gasteiger partial charge in [-0.15, -0.1) is 0 Å². The monoisotopic (exact) mass is 405 g/mol. The third-order valence-corrected chi connectivity index (χ3v) is 4.38. The Morgan fingerprint density at radius 2 is 1.68 bits per heavy atom. The van der Waals surface area contributed by atoms with E-state index in [1.807, 2.05) is 36.4 Å². The second-order valence-corrected chi connectivity index (χ2v) is 5.87. The van der Waals surface area contributed by atoms with Crippen LogP contribution >= 0.6 is 22.6 Å². The molecule has 0 aliphatic heterocycles. The predicted molar refractivity (Wildman–Crippen MR) is 92.2 cm³/mol. The summed E-state index contributed by atoms with van der Waals surface area (Å²) in [5.41, 5.74) is 1.67. The van der Waals surface area contributed by atoms with Gasteiger partial charge in [-0.2, -0.15) is 0 Å². The minimum atomic E-state index is -0.453. The van der Waals surface area contributed by atoms with E-state index < -0.39 is 5.97 Å². The fourth-order valence-corrected chi connectivity index (χ4v) is 3.00. The molecule has 0 aliphatic carbocycles. The molecule has 0 saturated heterocycles. The second-order valence-electron chi connectivity index (χ2n) is 4.71. The number of aromatic nitrogens is 1. The first-order valence-corrected chi connectivity index (χ1v) is 7.69. The van der Waals surface area contributed by atoms with Crippen LogP contribution in [0.4, 0.5) is 0 Å². The smallest absolute Gasteiger partial charge is 0.340 e. The molecule has 0 unspecified atom stereocenters. The number of carbonyl (C=O) groups is 2. The van der Waals surface area contributed by atoms with Gasteiger partial charge in [0, 0.05) is 15.2 Å². The van der Waals surface area contributed by atoms with Crippen LogP contribution in [0.5, 0.6) is 0 Å². The van der Waals surface area contributed by atoms with E-state index >= 15 is 0 Å². The van der Waals surface area contributed by atoms with E-state index in [-0.39, 0.29) is 5.91 Å². The molecule has 0 amide bonds. The number of hydrogen-bond donors (Lipinski definition) is 0. The topological polar surface area (TPSA) is 48.3 Å². The van der Waals surface area contributed by atoms with Crippen LogP contribution in [-0.2, 0) is 4.74 Å². The Bertz CT molecular complexity index is 882. The fourth-order valence-electron chi connectivity index (χ4n) is 2.38. The number of carbonyl (C=O) groups excluding carboxylic acids is 2. The van der Waals surface area contributed by atoms with Gasteiger partial charge < -0.3 is 4.74 Å². The summed E-state index contributed by atoms with van der Waals surface area (Å²) < 4.78 is 7.16. The fraction of sp³-hybridized carbons (Fsp3) is 0.0588. The Morgan fingerprint density at radius 1 is 1.00 bits per heavy atom. The maximum Gasteiger partial charge on any atom is 0.340 e. The number of para-hydroxylation sites is 1. The van der Waals surface area contributed by atoms with Crippen LogP contribution in [0.2, 0.25) is 0 Å². The number of benzene rings is 2. The van der Waals surface area contributed by atoms with Crippen molar-refractivity contribution < 1.29 is 14.3 Å². The first-order valence-electron chi connectivity index (χ1n) is 6.61. The summed E-state index contributed by atoms with van der Waals surface area (Å²) in [4.78, 5) is 24.7. The molecule has 2 aromatic carbocycles. The van der Waals surface area contributed by atoms with E-state index in [0.29, 0.717) is 22.0 Å². The van der Waals surface area contributed by atoms with Gasteiger partial charge in [-0.25, -0.2) is 4.79 Å². The molecule has 0 bridgehead atoms. The highest BCUT2D eigenvalue weighted by Gasteiger charge is 2.20. The van der Waals surface area contributed by atoms with Crippen LogP contribution < -0.4 is 0 Å². The lowest BCUT2D eigenvalue weighted by molar-refractivity contribution is 0.0603. The summed E-state index contributed by atoms with van der Waals surface area (Å²) in [6.45, 7) is 0. The highest BCUT2D eigenvalue weighted by Crippen LogP contribution is 2.24. The third-order valence-electron chi connectivity index (χ3n) is 3.44. The summed E-state index contributed by atoms with van der Waals surface area (Å²) in [6.07, 6.45) is 1.54. The molecule has 0 radical (unpaired) electrons. The molecular weight excluding hydrogens is 393 g/mol. The van der Waals surface area contributed by atoms with Crippen LogP contribution in [0.3, 0.4) is 0 Å². The van der Waals surface area contributed by atoms with E-state index in [2.05, 4.69) is 22.6 Å². The van der Waals surface area contributed by atoms with E-state index in [1.54, 1.807) is 18.3 Å². The lowest BCUT2D eigenvalue weighted by Gasteiger charge is -2.05. The van der Waals surface area contributed by atoms with E-state index in [0.717, 1.165) is 3.57 Å². The molecule has 0 fully saturated rings. The van der Waals surface area contributed by atoms with E-state index in [4.69, 9.17) is 4.74 Å². The number of halogens is 1.